The Morgan fingerprint density at radius 1 is 0.889 bits per heavy atom. The van der Waals surface area contributed by atoms with E-state index in [-0.39, 0.29) is 12.3 Å². The van der Waals surface area contributed by atoms with Gasteiger partial charge in [0, 0.05) is 27.4 Å². The minimum absolute atomic E-state index is 0.184. The van der Waals surface area contributed by atoms with E-state index in [0.717, 1.165) is 38.3 Å². The molecule has 1 aliphatic rings. The van der Waals surface area contributed by atoms with Gasteiger partial charge in [-0.2, -0.15) is 0 Å². The summed E-state index contributed by atoms with van der Waals surface area (Å²) in [6.45, 7) is 0. The molecule has 0 fully saturated rings. The predicted octanol–water partition coefficient (Wildman–Crippen LogP) is 5.70. The number of nitrogens with one attached hydrogen (secondary N) is 1. The first kappa shape index (κ1) is 17.9. The Kier molecular flexibility index (Phi) is 5.05. The third-order valence-electron chi connectivity index (χ3n) is 4.68. The molecular formula is C22H20BrNO3. The Hall–Kier alpha value is -2.50. The molecule has 4 rings (SSSR count). The lowest BCUT2D eigenvalue weighted by molar-refractivity contribution is 0.0145. The average Bonchev–Trinajstić information content (AvgIpc) is 2.73. The van der Waals surface area contributed by atoms with Crippen LogP contribution in [-0.2, 0) is 4.74 Å². The summed E-state index contributed by atoms with van der Waals surface area (Å²) in [5.41, 5.74) is 4.17. The van der Waals surface area contributed by atoms with E-state index in [1.807, 2.05) is 42.5 Å². The van der Waals surface area contributed by atoms with Gasteiger partial charge in [0.05, 0.1) is 14.2 Å². The van der Waals surface area contributed by atoms with Crippen molar-refractivity contribution < 1.29 is 14.2 Å². The van der Waals surface area contributed by atoms with E-state index in [1.165, 1.54) is 0 Å². The molecule has 138 valence electrons. The number of anilines is 1. The summed E-state index contributed by atoms with van der Waals surface area (Å²) in [4.78, 5) is 0. The second-order valence-electron chi connectivity index (χ2n) is 6.29. The summed E-state index contributed by atoms with van der Waals surface area (Å²) in [6.07, 6.45) is -0.526. The molecule has 1 N–H and O–H groups in total. The van der Waals surface area contributed by atoms with Gasteiger partial charge >= 0.3 is 0 Å². The molecule has 0 aliphatic carbocycles. The molecule has 0 amide bonds. The van der Waals surface area contributed by atoms with Gasteiger partial charge in [0.2, 0.25) is 0 Å². The van der Waals surface area contributed by atoms with E-state index in [4.69, 9.17) is 14.2 Å². The third kappa shape index (κ3) is 3.53. The first-order valence-electron chi connectivity index (χ1n) is 8.68. The van der Waals surface area contributed by atoms with Crippen molar-refractivity contribution in [1.29, 1.82) is 0 Å². The van der Waals surface area contributed by atoms with Crippen LogP contribution >= 0.6 is 15.9 Å². The Morgan fingerprint density at radius 3 is 2.44 bits per heavy atom. The maximum atomic E-state index is 6.50. The van der Waals surface area contributed by atoms with Gasteiger partial charge < -0.3 is 19.5 Å². The number of rotatable bonds is 4. The Balaban J connectivity index is 1.78. The zero-order valence-corrected chi connectivity index (χ0v) is 16.7. The van der Waals surface area contributed by atoms with Crippen LogP contribution < -0.4 is 14.8 Å². The molecule has 1 aliphatic heterocycles. The second-order valence-corrected chi connectivity index (χ2v) is 7.21. The van der Waals surface area contributed by atoms with Gasteiger partial charge in [-0.05, 0) is 35.9 Å². The number of benzene rings is 3. The lowest BCUT2D eigenvalue weighted by atomic mass is 9.97. The van der Waals surface area contributed by atoms with E-state index < -0.39 is 0 Å². The maximum Gasteiger partial charge on any atom is 0.158 e. The van der Waals surface area contributed by atoms with Crippen molar-refractivity contribution in [2.24, 2.45) is 0 Å². The highest BCUT2D eigenvalue weighted by molar-refractivity contribution is 9.10. The van der Waals surface area contributed by atoms with Crippen LogP contribution in [0.5, 0.6) is 11.5 Å². The number of methoxy groups -OCH3 is 2. The summed E-state index contributed by atoms with van der Waals surface area (Å²) < 4.78 is 18.4. The van der Waals surface area contributed by atoms with E-state index >= 15 is 0 Å². The molecule has 0 aromatic heterocycles. The maximum absolute atomic E-state index is 6.50. The summed E-state index contributed by atoms with van der Waals surface area (Å²) in [6, 6.07) is 22.2. The highest BCUT2D eigenvalue weighted by Crippen LogP contribution is 2.44. The van der Waals surface area contributed by atoms with E-state index in [9.17, 15) is 0 Å². The fraction of sp³-hybridized carbons (Fsp3) is 0.182. The number of fused-ring (bicyclic) bond motifs is 1. The molecule has 1 heterocycles. The van der Waals surface area contributed by atoms with Gasteiger partial charge in [0.25, 0.3) is 0 Å². The molecule has 4 nitrogen and oxygen atoms in total. The average molecular weight is 426 g/mol. The van der Waals surface area contributed by atoms with Gasteiger partial charge in [-0.1, -0.05) is 46.3 Å². The van der Waals surface area contributed by atoms with Crippen molar-refractivity contribution in [3.63, 3.8) is 0 Å². The zero-order chi connectivity index (χ0) is 18.8. The fourth-order valence-electron chi connectivity index (χ4n) is 3.34. The molecule has 0 saturated carbocycles. The first-order valence-corrected chi connectivity index (χ1v) is 9.47. The quantitative estimate of drug-likeness (QED) is 0.581. The van der Waals surface area contributed by atoms with Crippen molar-refractivity contribution in [2.45, 2.75) is 12.3 Å². The number of halogens is 1. The molecule has 0 spiro atoms. The van der Waals surface area contributed by atoms with Crippen molar-refractivity contribution in [3.05, 3.63) is 87.9 Å². The summed E-state index contributed by atoms with van der Waals surface area (Å²) in [7, 11) is 3.30. The SMILES string of the molecule is COc1ccc([C@@H]2Nc3ccc(Br)cc3[C@@H](c3ccccc3)O2)c(OC)c1. The lowest BCUT2D eigenvalue weighted by Gasteiger charge is -2.35. The highest BCUT2D eigenvalue weighted by Gasteiger charge is 2.31. The molecule has 0 unspecified atom stereocenters. The zero-order valence-electron chi connectivity index (χ0n) is 15.1. The third-order valence-corrected chi connectivity index (χ3v) is 5.17. The predicted molar refractivity (Wildman–Crippen MR) is 109 cm³/mol. The van der Waals surface area contributed by atoms with Crippen LogP contribution in [0.15, 0.2) is 71.2 Å². The Bertz CT molecular complexity index is 946. The van der Waals surface area contributed by atoms with Crippen LogP contribution in [0.2, 0.25) is 0 Å². The van der Waals surface area contributed by atoms with Gasteiger partial charge in [0.1, 0.15) is 17.6 Å². The second kappa shape index (κ2) is 7.62. The number of hydrogen-bond acceptors (Lipinski definition) is 4. The van der Waals surface area contributed by atoms with Gasteiger partial charge in [-0.15, -0.1) is 0 Å². The summed E-state index contributed by atoms with van der Waals surface area (Å²) >= 11 is 3.57. The van der Waals surface area contributed by atoms with E-state index in [0.29, 0.717) is 0 Å². The summed E-state index contributed by atoms with van der Waals surface area (Å²) in [5.74, 6) is 1.47. The number of hydrogen-bond donors (Lipinski definition) is 1. The van der Waals surface area contributed by atoms with Crippen LogP contribution in [-0.4, -0.2) is 14.2 Å². The van der Waals surface area contributed by atoms with Crippen molar-refractivity contribution in [1.82, 2.24) is 0 Å². The van der Waals surface area contributed by atoms with Crippen LogP contribution in [0.1, 0.15) is 29.0 Å². The van der Waals surface area contributed by atoms with Crippen LogP contribution in [0.3, 0.4) is 0 Å². The molecule has 5 heteroatoms. The first-order chi connectivity index (χ1) is 13.2. The van der Waals surface area contributed by atoms with Crippen LogP contribution in [0.4, 0.5) is 5.69 Å². The summed E-state index contributed by atoms with van der Waals surface area (Å²) in [5, 5.41) is 3.49. The molecular weight excluding hydrogens is 406 g/mol. The molecule has 0 radical (unpaired) electrons. The monoisotopic (exact) mass is 425 g/mol. The largest absolute Gasteiger partial charge is 0.497 e. The van der Waals surface area contributed by atoms with Crippen molar-refractivity contribution in [2.75, 3.05) is 19.5 Å². The molecule has 3 aromatic carbocycles. The van der Waals surface area contributed by atoms with Gasteiger partial charge in [0.15, 0.2) is 6.23 Å². The van der Waals surface area contributed by atoms with Crippen LogP contribution in [0, 0.1) is 0 Å². The Labute approximate surface area is 167 Å². The van der Waals surface area contributed by atoms with E-state index in [2.05, 4.69) is 45.5 Å². The van der Waals surface area contributed by atoms with Crippen molar-refractivity contribution >= 4 is 21.6 Å². The smallest absolute Gasteiger partial charge is 0.158 e. The van der Waals surface area contributed by atoms with Gasteiger partial charge in [-0.25, -0.2) is 0 Å². The lowest BCUT2D eigenvalue weighted by Crippen LogP contribution is -2.25. The van der Waals surface area contributed by atoms with Crippen LogP contribution in [0.25, 0.3) is 0 Å². The normalized spacial score (nSPS) is 18.3. The fourth-order valence-corrected chi connectivity index (χ4v) is 3.72. The topological polar surface area (TPSA) is 39.7 Å². The molecule has 0 bridgehead atoms. The highest BCUT2D eigenvalue weighted by atomic mass is 79.9. The minimum atomic E-state index is -0.343. The molecule has 3 aromatic rings. The number of ether oxygens (including phenoxy) is 3. The molecule has 2 atom stereocenters. The standard InChI is InChI=1S/C22H20BrNO3/c1-25-16-9-10-17(20(13-16)26-2)22-24-19-11-8-15(23)12-18(19)21(27-22)14-6-4-3-5-7-14/h3-13,21-22,24H,1-2H3/t21-,22-/m1/s1. The molecule has 27 heavy (non-hydrogen) atoms. The molecule has 0 saturated heterocycles. The van der Waals surface area contributed by atoms with E-state index in [1.54, 1.807) is 14.2 Å². The van der Waals surface area contributed by atoms with Crippen molar-refractivity contribution in [3.8, 4) is 11.5 Å². The minimum Gasteiger partial charge on any atom is -0.497 e. The Morgan fingerprint density at radius 2 is 1.70 bits per heavy atom. The van der Waals surface area contributed by atoms with Gasteiger partial charge in [-0.3, -0.25) is 0 Å².